The number of nitrogens with zero attached hydrogens (tertiary/aromatic N) is 4. The van der Waals surface area contributed by atoms with Crippen LogP contribution in [0.4, 0.5) is 10.2 Å². The first-order valence-corrected chi connectivity index (χ1v) is 11.9. The second kappa shape index (κ2) is 10.2. The number of nitrogens with two attached hydrogens (primary N) is 1. The van der Waals surface area contributed by atoms with E-state index < -0.39 is 5.82 Å². The molecule has 1 aromatic carbocycles. The molecule has 1 saturated carbocycles. The van der Waals surface area contributed by atoms with Gasteiger partial charge in [-0.15, -0.1) is 0 Å². The fourth-order valence-electron chi connectivity index (χ4n) is 4.86. The highest BCUT2D eigenvalue weighted by Crippen LogP contribution is 2.29. The molecule has 190 valence electrons. The summed E-state index contributed by atoms with van der Waals surface area (Å²) in [4.78, 5) is 36.8. The lowest BCUT2D eigenvalue weighted by molar-refractivity contribution is -0.118. The van der Waals surface area contributed by atoms with Crippen LogP contribution in [0.15, 0.2) is 29.3 Å². The minimum Gasteiger partial charge on any atom is -0.494 e. The Kier molecular flexibility index (Phi) is 6.79. The molecule has 0 radical (unpaired) electrons. The molecule has 1 aliphatic carbocycles. The number of anilines is 1. The van der Waals surface area contributed by atoms with Gasteiger partial charge >= 0.3 is 0 Å². The first-order chi connectivity index (χ1) is 17.4. The molecule has 2 aromatic heterocycles. The molecule has 11 nitrogen and oxygen atoms in total. The molecule has 12 heteroatoms. The van der Waals surface area contributed by atoms with Gasteiger partial charge in [-0.2, -0.15) is 0 Å². The van der Waals surface area contributed by atoms with E-state index in [2.05, 4.69) is 25.6 Å². The normalized spacial score (nSPS) is 20.4. The van der Waals surface area contributed by atoms with Gasteiger partial charge in [0.1, 0.15) is 5.82 Å². The third-order valence-corrected chi connectivity index (χ3v) is 6.86. The number of amides is 1. The number of carbonyl (C=O) groups excluding carboxylic acids is 1. The standard InChI is InChI=1S/C24H28FN7O4/c1-35-19-7-18-17(6-15(19)25)28-10-23(34)32(18)11-16(26)13-2-4-14(5-3-13)27-9-21-29-8-20-24(30-21)31-22(33)12-36-20/h6-8,10,13-14,16,27H,2-5,9,11-12,26H2,1H3,(H,29,30,31,33)/t13?,14?,16-/m0/s1. The Hall–Kier alpha value is -3.64. The first-order valence-electron chi connectivity index (χ1n) is 11.9. The highest BCUT2D eigenvalue weighted by atomic mass is 19.1. The van der Waals surface area contributed by atoms with Crippen LogP contribution in [0.25, 0.3) is 11.0 Å². The van der Waals surface area contributed by atoms with Crippen LogP contribution in [0, 0.1) is 11.7 Å². The fourth-order valence-corrected chi connectivity index (χ4v) is 4.86. The van der Waals surface area contributed by atoms with Gasteiger partial charge in [0.15, 0.2) is 29.7 Å². The molecular formula is C24H28FN7O4. The van der Waals surface area contributed by atoms with E-state index in [1.165, 1.54) is 25.4 Å². The van der Waals surface area contributed by atoms with Crippen LogP contribution in [-0.4, -0.2) is 51.2 Å². The van der Waals surface area contributed by atoms with Crippen LogP contribution >= 0.6 is 0 Å². The number of nitrogens with one attached hydrogen (secondary N) is 2. The van der Waals surface area contributed by atoms with Crippen molar-refractivity contribution in [1.29, 1.82) is 0 Å². The van der Waals surface area contributed by atoms with Gasteiger partial charge in [-0.1, -0.05) is 0 Å². The maximum absolute atomic E-state index is 14.1. The van der Waals surface area contributed by atoms with Gasteiger partial charge in [0, 0.05) is 30.8 Å². The number of ether oxygens (including phenoxy) is 2. The molecule has 0 bridgehead atoms. The maximum Gasteiger partial charge on any atom is 0.269 e. The van der Waals surface area contributed by atoms with Crippen LogP contribution in [-0.2, 0) is 17.9 Å². The monoisotopic (exact) mass is 497 g/mol. The van der Waals surface area contributed by atoms with Gasteiger partial charge in [0.2, 0.25) is 0 Å². The van der Waals surface area contributed by atoms with Gasteiger partial charge in [0.05, 0.1) is 37.1 Å². The van der Waals surface area contributed by atoms with E-state index in [1.54, 1.807) is 10.8 Å². The summed E-state index contributed by atoms with van der Waals surface area (Å²) in [6.45, 7) is 0.756. The smallest absolute Gasteiger partial charge is 0.269 e. The zero-order valence-corrected chi connectivity index (χ0v) is 19.9. The Bertz CT molecular complexity index is 1340. The molecule has 1 aliphatic heterocycles. The van der Waals surface area contributed by atoms with E-state index in [4.69, 9.17) is 15.2 Å². The van der Waals surface area contributed by atoms with Gasteiger partial charge in [0.25, 0.3) is 11.5 Å². The summed E-state index contributed by atoms with van der Waals surface area (Å²) in [5, 5.41) is 6.17. The minimum atomic E-state index is -0.531. The van der Waals surface area contributed by atoms with Crippen molar-refractivity contribution in [2.75, 3.05) is 19.0 Å². The first kappa shape index (κ1) is 24.1. The third-order valence-electron chi connectivity index (χ3n) is 6.86. The second-order valence-electron chi connectivity index (χ2n) is 9.17. The Balaban J connectivity index is 1.18. The van der Waals surface area contributed by atoms with E-state index in [-0.39, 0.29) is 41.8 Å². The second-order valence-corrected chi connectivity index (χ2v) is 9.17. The number of carbonyl (C=O) groups is 1. The zero-order valence-electron chi connectivity index (χ0n) is 19.9. The van der Waals surface area contributed by atoms with Crippen molar-refractivity contribution in [2.24, 2.45) is 11.7 Å². The van der Waals surface area contributed by atoms with E-state index in [1.807, 2.05) is 0 Å². The van der Waals surface area contributed by atoms with Gasteiger partial charge < -0.3 is 30.4 Å². The van der Waals surface area contributed by atoms with Crippen molar-refractivity contribution < 1.29 is 18.7 Å². The van der Waals surface area contributed by atoms with Crippen LogP contribution in [0.1, 0.15) is 31.5 Å². The third kappa shape index (κ3) is 5.00. The highest BCUT2D eigenvalue weighted by Gasteiger charge is 2.27. The quantitative estimate of drug-likeness (QED) is 0.440. The Morgan fingerprint density at radius 2 is 2.06 bits per heavy atom. The van der Waals surface area contributed by atoms with E-state index in [9.17, 15) is 14.0 Å². The fraction of sp³-hybridized carbons (Fsp3) is 0.458. The van der Waals surface area contributed by atoms with Crippen LogP contribution < -0.4 is 31.4 Å². The predicted molar refractivity (Wildman–Crippen MR) is 129 cm³/mol. The molecule has 0 unspecified atom stereocenters. The summed E-state index contributed by atoms with van der Waals surface area (Å²) in [5.41, 5.74) is 7.15. The van der Waals surface area contributed by atoms with Crippen LogP contribution in [0.3, 0.4) is 0 Å². The number of rotatable bonds is 7. The van der Waals surface area contributed by atoms with E-state index in [0.29, 0.717) is 41.5 Å². The van der Waals surface area contributed by atoms with Gasteiger partial charge in [-0.05, 0) is 31.6 Å². The van der Waals surface area contributed by atoms with E-state index >= 15 is 0 Å². The molecule has 0 saturated heterocycles. The summed E-state index contributed by atoms with van der Waals surface area (Å²) < 4.78 is 26.0. The summed E-state index contributed by atoms with van der Waals surface area (Å²) in [6, 6.07) is 2.81. The lowest BCUT2D eigenvalue weighted by Gasteiger charge is -2.33. The number of hydrogen-bond donors (Lipinski definition) is 3. The number of benzene rings is 1. The Labute approximate surface area is 206 Å². The molecule has 1 amide bonds. The molecule has 1 fully saturated rings. The highest BCUT2D eigenvalue weighted by molar-refractivity contribution is 5.94. The van der Waals surface area contributed by atoms with Gasteiger partial charge in [-0.25, -0.2) is 19.3 Å². The van der Waals surface area contributed by atoms with Crippen molar-refractivity contribution >= 4 is 22.8 Å². The van der Waals surface area contributed by atoms with Crippen molar-refractivity contribution in [3.8, 4) is 11.5 Å². The Morgan fingerprint density at radius 3 is 2.83 bits per heavy atom. The van der Waals surface area contributed by atoms with Crippen molar-refractivity contribution in [1.82, 2.24) is 24.8 Å². The van der Waals surface area contributed by atoms with Crippen LogP contribution in [0.5, 0.6) is 11.5 Å². The molecular weight excluding hydrogens is 469 g/mol. The molecule has 0 spiro atoms. The van der Waals surface area contributed by atoms with Crippen molar-refractivity contribution in [3.05, 3.63) is 46.5 Å². The van der Waals surface area contributed by atoms with Gasteiger partial charge in [-0.3, -0.25) is 9.59 Å². The number of methoxy groups -OCH3 is 1. The molecule has 36 heavy (non-hydrogen) atoms. The SMILES string of the molecule is COc1cc2c(cc1F)ncc(=O)n2C[C@H](N)C1CCC(NCc2ncc3c(n2)NC(=O)CO3)CC1. The number of fused-ring (bicyclic) bond motifs is 2. The zero-order chi connectivity index (χ0) is 25.2. The molecule has 3 aromatic rings. The molecule has 2 aliphatic rings. The maximum atomic E-state index is 14.1. The Morgan fingerprint density at radius 1 is 1.25 bits per heavy atom. The lowest BCUT2D eigenvalue weighted by Crippen LogP contribution is -2.42. The molecule has 4 N–H and O–H groups in total. The minimum absolute atomic E-state index is 0.0297. The molecule has 3 heterocycles. The average Bonchev–Trinajstić information content (AvgIpc) is 2.88. The summed E-state index contributed by atoms with van der Waals surface area (Å²) in [6.07, 6.45) is 6.43. The lowest BCUT2D eigenvalue weighted by atomic mass is 9.81. The summed E-state index contributed by atoms with van der Waals surface area (Å²) >= 11 is 0. The summed E-state index contributed by atoms with van der Waals surface area (Å²) in [7, 11) is 1.38. The molecule has 1 atom stereocenters. The summed E-state index contributed by atoms with van der Waals surface area (Å²) in [5.74, 6) is 0.980. The van der Waals surface area contributed by atoms with Crippen molar-refractivity contribution in [3.63, 3.8) is 0 Å². The topological polar surface area (TPSA) is 146 Å². The number of aromatic nitrogens is 4. The number of hydrogen-bond acceptors (Lipinski definition) is 9. The number of halogens is 1. The van der Waals surface area contributed by atoms with Crippen LogP contribution in [0.2, 0.25) is 0 Å². The van der Waals surface area contributed by atoms with E-state index in [0.717, 1.165) is 25.7 Å². The molecule has 5 rings (SSSR count). The van der Waals surface area contributed by atoms with Crippen molar-refractivity contribution in [2.45, 2.75) is 50.9 Å². The average molecular weight is 498 g/mol. The predicted octanol–water partition coefficient (Wildman–Crippen LogP) is 1.34. The largest absolute Gasteiger partial charge is 0.494 e.